The van der Waals surface area contributed by atoms with Crippen LogP contribution in [0.1, 0.15) is 218 Å². The second-order valence-corrected chi connectivity index (χ2v) is 14.0. The molecule has 0 saturated heterocycles. The van der Waals surface area contributed by atoms with Crippen LogP contribution in [0.5, 0.6) is 0 Å². The quantitative estimate of drug-likeness (QED) is 0.0702. The van der Waals surface area contributed by atoms with Crippen LogP contribution in [0, 0.1) is 0 Å². The molecule has 0 fully saturated rings. The fraction of sp³-hybridized carbons (Fsp3) is 1.00. The van der Waals surface area contributed by atoms with Crippen molar-refractivity contribution < 1.29 is 10.2 Å². The van der Waals surface area contributed by atoms with Crippen molar-refractivity contribution in [2.75, 3.05) is 27.3 Å². The van der Waals surface area contributed by atoms with Crippen molar-refractivity contribution in [3.05, 3.63) is 0 Å². The molecule has 2 N–H and O–H groups in total. The largest absolute Gasteiger partial charge is 0.396 e. The Labute approximate surface area is 266 Å². The summed E-state index contributed by atoms with van der Waals surface area (Å²) in [5.74, 6) is 0. The first-order valence-electron chi connectivity index (χ1n) is 19.6. The molecular formula is C39H81NO2. The topological polar surface area (TPSA) is 43.7 Å². The van der Waals surface area contributed by atoms with Gasteiger partial charge < -0.3 is 15.1 Å². The number of nitrogens with zero attached hydrogens (tertiary/aromatic N) is 1. The standard InChI is InChI=1S/C39H81NO2/c1-40(2)39(35-31-27-23-19-15-11-7-3-5-9-13-17-21-25-29-33-37-41)36-32-28-24-20-16-12-8-4-6-10-14-18-22-26-30-34-38-42/h39,41-42H,3-38H2,1-2H3. The zero-order valence-electron chi connectivity index (χ0n) is 29.4. The van der Waals surface area contributed by atoms with Gasteiger partial charge in [-0.05, 0) is 39.8 Å². The summed E-state index contributed by atoms with van der Waals surface area (Å²) in [5.41, 5.74) is 0. The molecule has 0 saturated carbocycles. The first-order valence-corrected chi connectivity index (χ1v) is 19.6. The molecule has 0 atom stereocenters. The molecule has 0 rings (SSSR count). The molecule has 0 aromatic rings. The monoisotopic (exact) mass is 596 g/mol. The summed E-state index contributed by atoms with van der Waals surface area (Å²) in [6, 6.07) is 0.797. The average molecular weight is 596 g/mol. The summed E-state index contributed by atoms with van der Waals surface area (Å²) in [7, 11) is 4.59. The maximum atomic E-state index is 8.81. The summed E-state index contributed by atoms with van der Waals surface area (Å²) in [6.07, 6.45) is 47.1. The number of rotatable bonds is 37. The van der Waals surface area contributed by atoms with Gasteiger partial charge in [0.25, 0.3) is 0 Å². The number of aliphatic hydroxyl groups excluding tert-OH is 2. The van der Waals surface area contributed by atoms with Gasteiger partial charge in [0.1, 0.15) is 0 Å². The molecule has 0 aliphatic heterocycles. The number of hydrogen-bond acceptors (Lipinski definition) is 3. The molecule has 0 aromatic heterocycles. The van der Waals surface area contributed by atoms with Gasteiger partial charge in [0.05, 0.1) is 0 Å². The Morgan fingerprint density at radius 2 is 0.452 bits per heavy atom. The van der Waals surface area contributed by atoms with E-state index in [-0.39, 0.29) is 0 Å². The predicted molar refractivity (Wildman–Crippen MR) is 189 cm³/mol. The third-order valence-corrected chi connectivity index (χ3v) is 9.62. The van der Waals surface area contributed by atoms with Crippen LogP contribution >= 0.6 is 0 Å². The van der Waals surface area contributed by atoms with Crippen LogP contribution in [-0.4, -0.2) is 48.5 Å². The Morgan fingerprint density at radius 3 is 0.619 bits per heavy atom. The van der Waals surface area contributed by atoms with Gasteiger partial charge >= 0.3 is 0 Å². The van der Waals surface area contributed by atoms with E-state index in [2.05, 4.69) is 19.0 Å². The first kappa shape index (κ1) is 41.9. The van der Waals surface area contributed by atoms with Gasteiger partial charge in [0, 0.05) is 19.3 Å². The van der Waals surface area contributed by atoms with E-state index in [1.54, 1.807) is 0 Å². The van der Waals surface area contributed by atoms with Gasteiger partial charge in [-0.2, -0.15) is 0 Å². The van der Waals surface area contributed by atoms with Gasteiger partial charge in [0.2, 0.25) is 0 Å². The highest BCUT2D eigenvalue weighted by atomic mass is 16.3. The molecule has 3 nitrogen and oxygen atoms in total. The molecule has 0 aliphatic rings. The average Bonchev–Trinajstić information content (AvgIpc) is 2.99. The van der Waals surface area contributed by atoms with Gasteiger partial charge in [-0.3, -0.25) is 0 Å². The predicted octanol–water partition coefficient (Wildman–Crippen LogP) is 12.2. The molecule has 3 heteroatoms. The second-order valence-electron chi connectivity index (χ2n) is 14.0. The zero-order valence-corrected chi connectivity index (χ0v) is 29.4. The molecule has 42 heavy (non-hydrogen) atoms. The fourth-order valence-corrected chi connectivity index (χ4v) is 6.59. The summed E-state index contributed by atoms with van der Waals surface area (Å²) in [5, 5.41) is 17.6. The van der Waals surface area contributed by atoms with E-state index < -0.39 is 0 Å². The molecule has 0 aliphatic carbocycles. The lowest BCUT2D eigenvalue weighted by atomic mass is 9.99. The van der Waals surface area contributed by atoms with E-state index in [9.17, 15) is 0 Å². The highest BCUT2D eigenvalue weighted by Crippen LogP contribution is 2.19. The molecular weight excluding hydrogens is 514 g/mol. The van der Waals surface area contributed by atoms with Crippen molar-refractivity contribution in [1.29, 1.82) is 0 Å². The molecule has 0 unspecified atom stereocenters. The van der Waals surface area contributed by atoms with Crippen molar-refractivity contribution in [3.63, 3.8) is 0 Å². The van der Waals surface area contributed by atoms with E-state index in [4.69, 9.17) is 10.2 Å². The van der Waals surface area contributed by atoms with Crippen LogP contribution in [0.4, 0.5) is 0 Å². The van der Waals surface area contributed by atoms with Gasteiger partial charge in [-0.1, -0.05) is 193 Å². The lowest BCUT2D eigenvalue weighted by Crippen LogP contribution is -2.27. The Bertz CT molecular complexity index is 431. The lowest BCUT2D eigenvalue weighted by molar-refractivity contribution is 0.251. The summed E-state index contributed by atoms with van der Waals surface area (Å²) < 4.78 is 0. The van der Waals surface area contributed by atoms with Gasteiger partial charge in [-0.25, -0.2) is 0 Å². The maximum Gasteiger partial charge on any atom is 0.0431 e. The van der Waals surface area contributed by atoms with Crippen LogP contribution in [0.25, 0.3) is 0 Å². The summed E-state index contributed by atoms with van der Waals surface area (Å²) in [6.45, 7) is 0.738. The number of unbranched alkanes of at least 4 members (excludes halogenated alkanes) is 30. The highest BCUT2D eigenvalue weighted by Gasteiger charge is 2.10. The van der Waals surface area contributed by atoms with E-state index in [1.165, 1.54) is 205 Å². The normalized spacial score (nSPS) is 11.9. The Kier molecular flexibility index (Phi) is 37.0. The molecule has 0 heterocycles. The van der Waals surface area contributed by atoms with Crippen LogP contribution in [0.2, 0.25) is 0 Å². The minimum Gasteiger partial charge on any atom is -0.396 e. The molecule has 0 amide bonds. The third kappa shape index (κ3) is 34.4. The maximum absolute atomic E-state index is 8.81. The molecule has 0 spiro atoms. The lowest BCUT2D eigenvalue weighted by Gasteiger charge is -2.24. The number of hydrogen-bond donors (Lipinski definition) is 2. The smallest absolute Gasteiger partial charge is 0.0431 e. The van der Waals surface area contributed by atoms with Crippen molar-refractivity contribution in [2.45, 2.75) is 224 Å². The Hall–Kier alpha value is -0.120. The second kappa shape index (κ2) is 37.1. The Balaban J connectivity index is 3.36. The van der Waals surface area contributed by atoms with Gasteiger partial charge in [-0.15, -0.1) is 0 Å². The Morgan fingerprint density at radius 1 is 0.286 bits per heavy atom. The molecule has 0 radical (unpaired) electrons. The minimum atomic E-state index is 0.369. The van der Waals surface area contributed by atoms with Crippen LogP contribution in [0.3, 0.4) is 0 Å². The van der Waals surface area contributed by atoms with E-state index in [0.29, 0.717) is 13.2 Å². The minimum absolute atomic E-state index is 0.369. The third-order valence-electron chi connectivity index (χ3n) is 9.62. The summed E-state index contributed by atoms with van der Waals surface area (Å²) in [4.78, 5) is 2.49. The SMILES string of the molecule is CN(C)C(CCCCCCCCCCCCCCCCCCO)CCCCCCCCCCCCCCCCCCO. The molecule has 0 aromatic carbocycles. The molecule has 254 valence electrons. The number of aliphatic hydroxyl groups is 2. The van der Waals surface area contributed by atoms with Gasteiger partial charge in [0.15, 0.2) is 0 Å². The van der Waals surface area contributed by atoms with Crippen LogP contribution in [0.15, 0.2) is 0 Å². The van der Waals surface area contributed by atoms with E-state index >= 15 is 0 Å². The highest BCUT2D eigenvalue weighted by molar-refractivity contribution is 4.67. The van der Waals surface area contributed by atoms with Crippen LogP contribution in [-0.2, 0) is 0 Å². The van der Waals surface area contributed by atoms with Crippen LogP contribution < -0.4 is 0 Å². The van der Waals surface area contributed by atoms with Crippen molar-refractivity contribution in [3.8, 4) is 0 Å². The van der Waals surface area contributed by atoms with E-state index in [1.807, 2.05) is 0 Å². The van der Waals surface area contributed by atoms with E-state index in [0.717, 1.165) is 18.9 Å². The van der Waals surface area contributed by atoms with Crippen molar-refractivity contribution in [1.82, 2.24) is 4.90 Å². The molecule has 0 bridgehead atoms. The fourth-order valence-electron chi connectivity index (χ4n) is 6.59. The zero-order chi connectivity index (χ0) is 30.6. The van der Waals surface area contributed by atoms with Crippen molar-refractivity contribution >= 4 is 0 Å². The summed E-state index contributed by atoms with van der Waals surface area (Å²) >= 11 is 0. The van der Waals surface area contributed by atoms with Crippen molar-refractivity contribution in [2.24, 2.45) is 0 Å². The first-order chi connectivity index (χ1) is 20.7.